The largest absolute Gasteiger partial charge is 0.461 e. The molecule has 4 rings (SSSR count). The number of carbonyl (C=O) groups is 2. The summed E-state index contributed by atoms with van der Waals surface area (Å²) in [6, 6.07) is 17.4. The number of nitrogens with one attached hydrogen (secondary N) is 2. The van der Waals surface area contributed by atoms with Gasteiger partial charge in [0.25, 0.3) is 0 Å². The summed E-state index contributed by atoms with van der Waals surface area (Å²) in [5.41, 5.74) is 7.79. The van der Waals surface area contributed by atoms with Gasteiger partial charge in [-0.25, -0.2) is 14.6 Å². The van der Waals surface area contributed by atoms with Crippen LogP contribution in [-0.2, 0) is 22.7 Å². The number of hydrogen-bond acceptors (Lipinski definition) is 8. The van der Waals surface area contributed by atoms with Crippen LogP contribution in [0.4, 0.5) is 9.80 Å². The second kappa shape index (κ2) is 10.9. The number of aromatic nitrogens is 1. The molecule has 4 aromatic rings. The highest BCUT2D eigenvalue weighted by Crippen LogP contribution is 2.32. The number of amides is 2. The van der Waals surface area contributed by atoms with Crippen molar-refractivity contribution < 1.29 is 18.7 Å². The van der Waals surface area contributed by atoms with Crippen LogP contribution in [0.1, 0.15) is 35.0 Å². The first-order valence-corrected chi connectivity index (χ1v) is 11.7. The minimum absolute atomic E-state index is 0.0690. The molecule has 9 nitrogen and oxygen atoms in total. The summed E-state index contributed by atoms with van der Waals surface area (Å²) in [6.45, 7) is 2.18. The Kier molecular flexibility index (Phi) is 7.54. The van der Waals surface area contributed by atoms with Gasteiger partial charge in [-0.3, -0.25) is 10.1 Å². The van der Waals surface area contributed by atoms with Crippen LogP contribution < -0.4 is 22.0 Å². The molecule has 2 amide bonds. The van der Waals surface area contributed by atoms with Gasteiger partial charge >= 0.3 is 17.6 Å². The number of thiophene rings is 1. The van der Waals surface area contributed by atoms with E-state index < -0.39 is 23.7 Å². The predicted molar refractivity (Wildman–Crippen MR) is 133 cm³/mol. The molecular formula is C25H24N4O5S. The lowest BCUT2D eigenvalue weighted by Crippen LogP contribution is -2.28. The van der Waals surface area contributed by atoms with Crippen LogP contribution in [0.5, 0.6) is 0 Å². The molecule has 0 spiro atoms. The van der Waals surface area contributed by atoms with Crippen molar-refractivity contribution >= 4 is 38.6 Å². The second-order valence-electron chi connectivity index (χ2n) is 7.83. The van der Waals surface area contributed by atoms with Gasteiger partial charge in [-0.05, 0) is 18.1 Å². The van der Waals surface area contributed by atoms with E-state index in [1.807, 2.05) is 60.7 Å². The van der Waals surface area contributed by atoms with Crippen molar-refractivity contribution in [2.45, 2.75) is 32.5 Å². The van der Waals surface area contributed by atoms with E-state index in [1.165, 1.54) is 0 Å². The molecule has 0 radical (unpaired) electrons. The van der Waals surface area contributed by atoms with E-state index in [4.69, 9.17) is 14.9 Å². The lowest BCUT2D eigenvalue weighted by atomic mass is 10.2. The molecule has 10 heteroatoms. The highest BCUT2D eigenvalue weighted by molar-refractivity contribution is 7.22. The fourth-order valence-electron chi connectivity index (χ4n) is 3.35. The van der Waals surface area contributed by atoms with E-state index in [0.717, 1.165) is 22.5 Å². The molecule has 4 N–H and O–H groups in total. The van der Waals surface area contributed by atoms with Gasteiger partial charge in [0.2, 0.25) is 5.89 Å². The molecule has 35 heavy (non-hydrogen) atoms. The number of rotatable bonds is 8. The van der Waals surface area contributed by atoms with Crippen molar-refractivity contribution in [1.82, 2.24) is 10.3 Å². The van der Waals surface area contributed by atoms with Crippen LogP contribution in [0.15, 0.2) is 69.9 Å². The van der Waals surface area contributed by atoms with E-state index in [2.05, 4.69) is 15.6 Å². The molecule has 0 aliphatic heterocycles. The number of aryl methyl sites for hydroxylation is 1. The highest BCUT2D eigenvalue weighted by atomic mass is 32.1. The summed E-state index contributed by atoms with van der Waals surface area (Å²) < 4.78 is 10.5. The van der Waals surface area contributed by atoms with Crippen molar-refractivity contribution in [3.05, 3.63) is 93.7 Å². The van der Waals surface area contributed by atoms with Gasteiger partial charge in [-0.2, -0.15) is 0 Å². The number of anilines is 1. The van der Waals surface area contributed by atoms with E-state index >= 15 is 0 Å². The fourth-order valence-corrected chi connectivity index (χ4v) is 4.42. The molecule has 1 unspecified atom stereocenters. The monoisotopic (exact) mass is 492 g/mol. The van der Waals surface area contributed by atoms with Crippen molar-refractivity contribution in [1.29, 1.82) is 0 Å². The van der Waals surface area contributed by atoms with Crippen molar-refractivity contribution in [2.24, 2.45) is 5.73 Å². The van der Waals surface area contributed by atoms with Crippen LogP contribution in [0.3, 0.4) is 0 Å². The molecule has 0 saturated carbocycles. The zero-order valence-electron chi connectivity index (χ0n) is 18.9. The van der Waals surface area contributed by atoms with Gasteiger partial charge in [0.05, 0.1) is 12.5 Å². The Morgan fingerprint density at radius 1 is 1.09 bits per heavy atom. The van der Waals surface area contributed by atoms with Crippen LogP contribution >= 0.6 is 11.3 Å². The minimum Gasteiger partial charge on any atom is -0.461 e. The SMILES string of the molecule is Cc1c(NC(=O)NCc2ccccc2)sc2nc(C(N)CC(=O)OCc3ccccc3)oc(=O)c12. The molecule has 0 aliphatic rings. The minimum atomic E-state index is -0.955. The molecule has 2 aromatic carbocycles. The Morgan fingerprint density at radius 2 is 1.74 bits per heavy atom. The third-order valence-electron chi connectivity index (χ3n) is 5.21. The van der Waals surface area contributed by atoms with Crippen molar-refractivity contribution in [2.75, 3.05) is 5.32 Å². The Labute approximate surface area is 204 Å². The molecular weight excluding hydrogens is 468 g/mol. The van der Waals surface area contributed by atoms with Gasteiger partial charge in [0.1, 0.15) is 21.8 Å². The number of nitrogens with zero attached hydrogens (tertiary/aromatic N) is 1. The molecule has 1 atom stereocenters. The Bertz CT molecular complexity index is 1390. The standard InChI is InChI=1S/C25H24N4O5S/c1-15-20-23(35-22(15)29-25(32)27-13-16-8-4-2-5-9-16)28-21(34-24(20)31)18(26)12-19(30)33-14-17-10-6-3-7-11-17/h2-11,18H,12-14,26H2,1H3,(H2,27,29,32). The summed E-state index contributed by atoms with van der Waals surface area (Å²) >= 11 is 1.13. The lowest BCUT2D eigenvalue weighted by molar-refractivity contribution is -0.145. The maximum Gasteiger partial charge on any atom is 0.348 e. The van der Waals surface area contributed by atoms with Gasteiger partial charge in [-0.15, -0.1) is 0 Å². The predicted octanol–water partition coefficient (Wildman–Crippen LogP) is 4.01. The van der Waals surface area contributed by atoms with E-state index in [1.54, 1.807) is 6.92 Å². The normalized spacial score (nSPS) is 11.7. The van der Waals surface area contributed by atoms with Crippen LogP contribution in [0, 0.1) is 6.92 Å². The molecule has 0 bridgehead atoms. The number of esters is 1. The third-order valence-corrected chi connectivity index (χ3v) is 6.31. The average Bonchev–Trinajstić information content (AvgIpc) is 3.18. The zero-order valence-corrected chi connectivity index (χ0v) is 19.8. The summed E-state index contributed by atoms with van der Waals surface area (Å²) in [7, 11) is 0. The number of benzene rings is 2. The first-order valence-electron chi connectivity index (χ1n) is 10.9. The molecule has 0 aliphatic carbocycles. The summed E-state index contributed by atoms with van der Waals surface area (Å²) in [5, 5.41) is 6.26. The van der Waals surface area contributed by atoms with E-state index in [-0.39, 0.29) is 24.3 Å². The Balaban J connectivity index is 1.41. The van der Waals surface area contributed by atoms with E-state index in [9.17, 15) is 14.4 Å². The van der Waals surface area contributed by atoms with Crippen molar-refractivity contribution in [3.8, 4) is 0 Å². The summed E-state index contributed by atoms with van der Waals surface area (Å²) in [6.07, 6.45) is -0.203. The number of nitrogens with two attached hydrogens (primary N) is 1. The van der Waals surface area contributed by atoms with Crippen molar-refractivity contribution in [3.63, 3.8) is 0 Å². The Morgan fingerprint density at radius 3 is 2.43 bits per heavy atom. The summed E-state index contributed by atoms with van der Waals surface area (Å²) in [5.74, 6) is -0.605. The van der Waals surface area contributed by atoms with E-state index in [0.29, 0.717) is 21.9 Å². The van der Waals surface area contributed by atoms with Crippen LogP contribution in [0.2, 0.25) is 0 Å². The number of hydrogen-bond donors (Lipinski definition) is 3. The second-order valence-corrected chi connectivity index (χ2v) is 8.83. The summed E-state index contributed by atoms with van der Waals surface area (Å²) in [4.78, 5) is 41.9. The molecule has 2 aromatic heterocycles. The fraction of sp³-hybridized carbons (Fsp3) is 0.200. The van der Waals surface area contributed by atoms with Crippen LogP contribution in [0.25, 0.3) is 10.2 Å². The van der Waals surface area contributed by atoms with Gasteiger partial charge in [0.15, 0.2) is 0 Å². The van der Waals surface area contributed by atoms with Gasteiger partial charge in [0, 0.05) is 12.1 Å². The first-order chi connectivity index (χ1) is 16.9. The molecule has 180 valence electrons. The number of ether oxygens (including phenoxy) is 1. The highest BCUT2D eigenvalue weighted by Gasteiger charge is 2.22. The lowest BCUT2D eigenvalue weighted by Gasteiger charge is -2.09. The third kappa shape index (κ3) is 6.11. The number of carbonyl (C=O) groups excluding carboxylic acids is 2. The maximum absolute atomic E-state index is 12.6. The molecule has 2 heterocycles. The molecule has 0 fully saturated rings. The smallest absolute Gasteiger partial charge is 0.348 e. The Hall–Kier alpha value is -4.02. The zero-order chi connectivity index (χ0) is 24.8. The number of fused-ring (bicyclic) bond motifs is 1. The van der Waals surface area contributed by atoms with Gasteiger partial charge < -0.3 is 20.2 Å². The number of urea groups is 1. The maximum atomic E-state index is 12.6. The molecule has 0 saturated heterocycles. The quantitative estimate of drug-likeness (QED) is 0.316. The topological polar surface area (TPSA) is 137 Å². The first kappa shape index (κ1) is 24.1. The van der Waals surface area contributed by atoms with Crippen LogP contribution in [-0.4, -0.2) is 17.0 Å². The van der Waals surface area contributed by atoms with Gasteiger partial charge in [-0.1, -0.05) is 72.0 Å². The average molecular weight is 493 g/mol.